The van der Waals surface area contributed by atoms with Crippen molar-refractivity contribution >= 4 is 23.5 Å². The molecule has 260 valence electrons. The number of esters is 2. The number of carbonyl (C=O) groups excluding carboxylic acids is 4. The molecule has 15 heteroatoms. The van der Waals surface area contributed by atoms with Crippen LogP contribution in [0, 0.1) is 34.5 Å². The summed E-state index contributed by atoms with van der Waals surface area (Å²) in [4.78, 5) is 55.0. The first-order valence-electron chi connectivity index (χ1n) is 15.7. The molecule has 0 amide bonds. The summed E-state index contributed by atoms with van der Waals surface area (Å²) in [5.74, 6) is -7.36. The van der Waals surface area contributed by atoms with Gasteiger partial charge in [-0.05, 0) is 37.8 Å². The quantitative estimate of drug-likeness (QED) is 0.133. The Bertz CT molecular complexity index is 1430. The van der Waals surface area contributed by atoms with Gasteiger partial charge >= 0.3 is 11.9 Å². The maximum atomic E-state index is 14.3. The Labute approximate surface area is 270 Å². The molecular formula is C32H42O15. The van der Waals surface area contributed by atoms with E-state index in [1.165, 1.54) is 13.0 Å². The van der Waals surface area contributed by atoms with E-state index in [0.29, 0.717) is 5.57 Å². The van der Waals surface area contributed by atoms with Gasteiger partial charge in [-0.15, -0.1) is 0 Å². The van der Waals surface area contributed by atoms with E-state index >= 15 is 0 Å². The fourth-order valence-electron chi connectivity index (χ4n) is 10.0. The van der Waals surface area contributed by atoms with Crippen LogP contribution in [0.4, 0.5) is 0 Å². The number of hydrogen-bond donors (Lipinski definition) is 6. The molecule has 2 saturated carbocycles. The van der Waals surface area contributed by atoms with Gasteiger partial charge in [0.2, 0.25) is 6.29 Å². The normalized spacial score (nSPS) is 48.6. The van der Waals surface area contributed by atoms with E-state index in [0.717, 1.165) is 7.11 Å². The highest BCUT2D eigenvalue weighted by Crippen LogP contribution is 2.74. The lowest BCUT2D eigenvalue weighted by Gasteiger charge is -2.68. The summed E-state index contributed by atoms with van der Waals surface area (Å²) in [6, 6.07) is 0. The molecule has 0 radical (unpaired) electrons. The maximum Gasteiger partial charge on any atom is 0.341 e. The molecule has 3 aliphatic heterocycles. The van der Waals surface area contributed by atoms with E-state index in [2.05, 4.69) is 0 Å². The SMILES string of the molecule is COC(=O)[C@]12OC[C@]34[C@H](OC(=O)C[C@@H]13)[C@H](C(=O)C=C(C)C)[C@H]1C(C)=C(O[C@@H]3O[C@H](CO)[C@@H](O)[C@H](O)[C@H]3O)C(=O)C[C@]1(C)[C@H]4[C@@H](O)[C@@H]2O. The summed E-state index contributed by atoms with van der Waals surface area (Å²) in [6.07, 6.45) is -12.5. The van der Waals surface area contributed by atoms with Gasteiger partial charge in [-0.3, -0.25) is 14.4 Å². The standard InChI is InChI=1S/C32H42O15/c1-11(2)6-13(34)18-19-12(3)24(47-28-22(39)21(38)20(37)15(9-33)45-28)14(35)8-30(19,4)25-23(40)26(41)32(29(42)43-5)16-7-17(36)46-27(18)31(16,25)10-44-32/h6,15-16,18-23,25-28,33,37-41H,7-10H2,1-5H3/t15-,16-,18-,19-,20-,21+,22-,23-,25-,26+,27-,28+,30+,31+,32+/m1/s1. The first-order valence-corrected chi connectivity index (χ1v) is 15.7. The third kappa shape index (κ3) is 4.40. The molecule has 1 spiro atoms. The Hall–Kier alpha value is -2.76. The molecule has 15 nitrogen and oxygen atoms in total. The average molecular weight is 667 g/mol. The van der Waals surface area contributed by atoms with Crippen LogP contribution in [0.15, 0.2) is 23.0 Å². The van der Waals surface area contributed by atoms with Crippen molar-refractivity contribution in [1.82, 2.24) is 0 Å². The van der Waals surface area contributed by atoms with Gasteiger partial charge in [0.15, 0.2) is 22.9 Å². The van der Waals surface area contributed by atoms with Gasteiger partial charge < -0.3 is 54.3 Å². The van der Waals surface area contributed by atoms with E-state index in [1.54, 1.807) is 20.8 Å². The molecule has 6 rings (SSSR count). The molecule has 6 aliphatic rings. The minimum absolute atomic E-state index is 0.194. The molecule has 0 aromatic heterocycles. The van der Waals surface area contributed by atoms with Crippen LogP contribution in [0.2, 0.25) is 0 Å². The number of aliphatic hydroxyl groups is 6. The van der Waals surface area contributed by atoms with E-state index in [1.807, 2.05) is 0 Å². The highest BCUT2D eigenvalue weighted by Gasteiger charge is 2.84. The number of hydrogen-bond acceptors (Lipinski definition) is 15. The number of allylic oxidation sites excluding steroid dienone is 4. The number of rotatable bonds is 6. The molecule has 0 aromatic rings. The van der Waals surface area contributed by atoms with Crippen LogP contribution < -0.4 is 0 Å². The Morgan fingerprint density at radius 2 is 1.72 bits per heavy atom. The predicted octanol–water partition coefficient (Wildman–Crippen LogP) is -1.95. The summed E-state index contributed by atoms with van der Waals surface area (Å²) < 4.78 is 28.5. The van der Waals surface area contributed by atoms with Crippen LogP contribution in [0.1, 0.15) is 40.5 Å². The summed E-state index contributed by atoms with van der Waals surface area (Å²) >= 11 is 0. The second-order valence-corrected chi connectivity index (χ2v) is 14.3. The number of aliphatic hydroxyl groups excluding tert-OH is 6. The number of methoxy groups -OCH3 is 1. The van der Waals surface area contributed by atoms with Crippen molar-refractivity contribution in [2.45, 2.75) is 95.2 Å². The van der Waals surface area contributed by atoms with Crippen molar-refractivity contribution in [1.29, 1.82) is 0 Å². The molecule has 5 fully saturated rings. The van der Waals surface area contributed by atoms with Crippen LogP contribution in [-0.2, 0) is 42.9 Å². The molecule has 0 aromatic carbocycles. The average Bonchev–Trinajstić information content (AvgIpc) is 3.29. The number of fused-ring (bicyclic) bond motifs is 2. The number of ketones is 2. The molecule has 47 heavy (non-hydrogen) atoms. The minimum Gasteiger partial charge on any atom is -0.467 e. The highest BCUT2D eigenvalue weighted by molar-refractivity contribution is 5.98. The van der Waals surface area contributed by atoms with E-state index in [4.69, 9.17) is 23.7 Å². The summed E-state index contributed by atoms with van der Waals surface area (Å²) in [7, 11) is 1.10. The first-order chi connectivity index (χ1) is 22.0. The molecule has 3 saturated heterocycles. The summed E-state index contributed by atoms with van der Waals surface area (Å²) in [5, 5.41) is 64.4. The van der Waals surface area contributed by atoms with Crippen molar-refractivity contribution in [3.63, 3.8) is 0 Å². The predicted molar refractivity (Wildman–Crippen MR) is 153 cm³/mol. The van der Waals surface area contributed by atoms with Crippen molar-refractivity contribution in [3.8, 4) is 0 Å². The summed E-state index contributed by atoms with van der Waals surface area (Å²) in [5.41, 5.74) is -4.01. The van der Waals surface area contributed by atoms with Gasteiger partial charge in [-0.25, -0.2) is 4.79 Å². The molecule has 6 N–H and O–H groups in total. The molecule has 2 bridgehead atoms. The third-order valence-corrected chi connectivity index (χ3v) is 11.6. The van der Waals surface area contributed by atoms with Gasteiger partial charge in [-0.2, -0.15) is 0 Å². The molecule has 3 aliphatic carbocycles. The molecular weight excluding hydrogens is 624 g/mol. The van der Waals surface area contributed by atoms with Crippen molar-refractivity contribution in [2.75, 3.05) is 20.3 Å². The smallest absolute Gasteiger partial charge is 0.341 e. The van der Waals surface area contributed by atoms with Crippen LogP contribution in [0.3, 0.4) is 0 Å². The zero-order chi connectivity index (χ0) is 34.5. The molecule has 3 heterocycles. The zero-order valence-corrected chi connectivity index (χ0v) is 26.7. The second-order valence-electron chi connectivity index (χ2n) is 14.3. The van der Waals surface area contributed by atoms with Gasteiger partial charge in [0.1, 0.15) is 36.6 Å². The largest absolute Gasteiger partial charge is 0.467 e. The Morgan fingerprint density at radius 3 is 2.34 bits per heavy atom. The highest BCUT2D eigenvalue weighted by atomic mass is 16.7. The summed E-state index contributed by atoms with van der Waals surface area (Å²) in [6.45, 7) is 5.63. The van der Waals surface area contributed by atoms with Gasteiger partial charge in [0, 0.05) is 29.6 Å². The maximum absolute atomic E-state index is 14.3. The minimum atomic E-state index is -2.13. The fourth-order valence-corrected chi connectivity index (χ4v) is 10.0. The Morgan fingerprint density at radius 1 is 1.04 bits per heavy atom. The lowest BCUT2D eigenvalue weighted by atomic mass is 9.36. The van der Waals surface area contributed by atoms with Crippen molar-refractivity contribution in [2.24, 2.45) is 34.5 Å². The topological polar surface area (TPSA) is 236 Å². The number of carbonyl (C=O) groups is 4. The lowest BCUT2D eigenvalue weighted by molar-refractivity contribution is -0.294. The van der Waals surface area contributed by atoms with Gasteiger partial charge in [0.25, 0.3) is 0 Å². The lowest BCUT2D eigenvalue weighted by Crippen LogP contribution is -2.78. The monoisotopic (exact) mass is 666 g/mol. The van der Waals surface area contributed by atoms with Gasteiger partial charge in [0.05, 0.1) is 38.8 Å². The van der Waals surface area contributed by atoms with Crippen LogP contribution in [0.5, 0.6) is 0 Å². The number of ether oxygens (including phenoxy) is 5. The van der Waals surface area contributed by atoms with E-state index < -0.39 is 119 Å². The molecule has 0 unspecified atom stereocenters. The van der Waals surface area contributed by atoms with Crippen LogP contribution >= 0.6 is 0 Å². The van der Waals surface area contributed by atoms with E-state index in [-0.39, 0.29) is 30.8 Å². The van der Waals surface area contributed by atoms with Gasteiger partial charge in [-0.1, -0.05) is 12.5 Å². The van der Waals surface area contributed by atoms with Crippen molar-refractivity contribution < 1.29 is 73.5 Å². The second kappa shape index (κ2) is 11.4. The first kappa shape index (κ1) is 34.1. The van der Waals surface area contributed by atoms with Crippen LogP contribution in [0.25, 0.3) is 0 Å². The third-order valence-electron chi connectivity index (χ3n) is 11.6. The van der Waals surface area contributed by atoms with E-state index in [9.17, 15) is 49.8 Å². The zero-order valence-electron chi connectivity index (χ0n) is 26.7. The fraction of sp³-hybridized carbons (Fsp3) is 0.750. The Kier molecular flexibility index (Phi) is 8.28. The van der Waals surface area contributed by atoms with Crippen molar-refractivity contribution in [3.05, 3.63) is 23.0 Å². The Balaban J connectivity index is 1.54. The number of Topliss-reactive ketones (excluding diaryl/α,β-unsaturated/α-hetero) is 1. The molecule has 15 atom stereocenters. The van der Waals surface area contributed by atoms with Crippen LogP contribution in [-0.4, -0.2) is 129 Å².